The van der Waals surface area contributed by atoms with Gasteiger partial charge in [0.2, 0.25) is 0 Å². The molecule has 0 fully saturated rings. The Morgan fingerprint density at radius 1 is 1.21 bits per heavy atom. The Labute approximate surface area is 82.9 Å². The van der Waals surface area contributed by atoms with E-state index in [4.69, 9.17) is 0 Å². The first-order chi connectivity index (χ1) is 6.25. The fourth-order valence-corrected chi connectivity index (χ4v) is 1.46. The maximum Gasteiger partial charge on any atom is 0.282 e. The molecular weight excluding hydrogens is 186 g/mol. The van der Waals surface area contributed by atoms with Gasteiger partial charge < -0.3 is 0 Å². The highest BCUT2D eigenvalue weighted by Crippen LogP contribution is 2.26. The average Bonchev–Trinajstić information content (AvgIpc) is 2.28. The number of nitrogens with zero attached hydrogens (tertiary/aromatic N) is 2. The highest BCUT2D eigenvalue weighted by atomic mass is 19.3. The zero-order valence-corrected chi connectivity index (χ0v) is 9.23. The SMILES string of the molecule is Cc1c(C(F)F)nn(C(C)(C)C)c1C. The molecule has 1 rings (SSSR count). The summed E-state index contributed by atoms with van der Waals surface area (Å²) in [6, 6.07) is 0. The molecule has 0 aromatic carbocycles. The molecule has 0 radical (unpaired) electrons. The van der Waals surface area contributed by atoms with Crippen LogP contribution in [0.1, 0.15) is 44.1 Å². The molecule has 1 aromatic rings. The van der Waals surface area contributed by atoms with E-state index in [0.29, 0.717) is 5.56 Å². The first-order valence-electron chi connectivity index (χ1n) is 4.60. The van der Waals surface area contributed by atoms with E-state index >= 15 is 0 Å². The molecule has 0 aliphatic carbocycles. The van der Waals surface area contributed by atoms with Gasteiger partial charge in [-0.05, 0) is 40.2 Å². The molecule has 0 aliphatic heterocycles. The maximum absolute atomic E-state index is 12.5. The van der Waals surface area contributed by atoms with E-state index in [2.05, 4.69) is 5.10 Å². The van der Waals surface area contributed by atoms with Crippen LogP contribution in [0.5, 0.6) is 0 Å². The number of hydrogen-bond donors (Lipinski definition) is 0. The van der Waals surface area contributed by atoms with Gasteiger partial charge in [0.25, 0.3) is 6.43 Å². The Kier molecular flexibility index (Phi) is 2.65. The molecular formula is C10H16F2N2. The molecule has 14 heavy (non-hydrogen) atoms. The molecule has 4 heteroatoms. The smallest absolute Gasteiger partial charge is 0.264 e. The molecule has 1 aromatic heterocycles. The third kappa shape index (κ3) is 1.79. The molecule has 80 valence electrons. The molecule has 0 spiro atoms. The lowest BCUT2D eigenvalue weighted by atomic mass is 10.1. The van der Waals surface area contributed by atoms with Gasteiger partial charge in [0, 0.05) is 5.69 Å². The standard InChI is InChI=1S/C10H16F2N2/c1-6-7(2)14(10(3,4)5)13-8(6)9(11)12/h9H,1-5H3. The fraction of sp³-hybridized carbons (Fsp3) is 0.700. The van der Waals surface area contributed by atoms with Crippen LogP contribution in [0, 0.1) is 13.8 Å². The quantitative estimate of drug-likeness (QED) is 0.683. The fourth-order valence-electron chi connectivity index (χ4n) is 1.46. The minimum atomic E-state index is -2.49. The summed E-state index contributed by atoms with van der Waals surface area (Å²) in [6.07, 6.45) is -2.49. The number of halogens is 2. The summed E-state index contributed by atoms with van der Waals surface area (Å²) in [5.41, 5.74) is 1.06. The van der Waals surface area contributed by atoms with Gasteiger partial charge in [-0.2, -0.15) is 5.10 Å². The van der Waals surface area contributed by atoms with E-state index in [9.17, 15) is 8.78 Å². The van der Waals surface area contributed by atoms with Crippen molar-refractivity contribution in [2.75, 3.05) is 0 Å². The third-order valence-corrected chi connectivity index (χ3v) is 2.29. The van der Waals surface area contributed by atoms with Crippen LogP contribution in [0.2, 0.25) is 0 Å². The molecule has 1 heterocycles. The van der Waals surface area contributed by atoms with Crippen LogP contribution in [0.3, 0.4) is 0 Å². The Hall–Kier alpha value is -0.930. The molecule has 0 N–H and O–H groups in total. The van der Waals surface area contributed by atoms with Crippen molar-refractivity contribution in [1.29, 1.82) is 0 Å². The summed E-state index contributed by atoms with van der Waals surface area (Å²) in [6.45, 7) is 9.34. The van der Waals surface area contributed by atoms with Gasteiger partial charge >= 0.3 is 0 Å². The Morgan fingerprint density at radius 2 is 1.71 bits per heavy atom. The van der Waals surface area contributed by atoms with Crippen molar-refractivity contribution in [3.63, 3.8) is 0 Å². The van der Waals surface area contributed by atoms with Gasteiger partial charge in [-0.3, -0.25) is 4.68 Å². The van der Waals surface area contributed by atoms with Crippen LogP contribution in [-0.2, 0) is 5.54 Å². The molecule has 0 amide bonds. The molecule has 0 unspecified atom stereocenters. The Bertz CT molecular complexity index is 335. The lowest BCUT2D eigenvalue weighted by Crippen LogP contribution is -2.24. The average molecular weight is 202 g/mol. The van der Waals surface area contributed by atoms with E-state index in [1.807, 2.05) is 27.7 Å². The summed E-state index contributed by atoms with van der Waals surface area (Å²) < 4.78 is 26.7. The van der Waals surface area contributed by atoms with Crippen LogP contribution >= 0.6 is 0 Å². The van der Waals surface area contributed by atoms with E-state index in [0.717, 1.165) is 5.69 Å². The summed E-state index contributed by atoms with van der Waals surface area (Å²) in [5, 5.41) is 3.95. The molecule has 0 atom stereocenters. The summed E-state index contributed by atoms with van der Waals surface area (Å²) in [4.78, 5) is 0. The maximum atomic E-state index is 12.5. The minimum absolute atomic E-state index is 0.0996. The van der Waals surface area contributed by atoms with E-state index in [-0.39, 0.29) is 11.2 Å². The summed E-state index contributed by atoms with van der Waals surface area (Å²) >= 11 is 0. The van der Waals surface area contributed by atoms with Crippen molar-refractivity contribution in [2.24, 2.45) is 0 Å². The van der Waals surface area contributed by atoms with E-state index in [1.165, 1.54) is 0 Å². The van der Waals surface area contributed by atoms with Gasteiger partial charge in [0.15, 0.2) is 0 Å². The highest BCUT2D eigenvalue weighted by Gasteiger charge is 2.24. The lowest BCUT2D eigenvalue weighted by molar-refractivity contribution is 0.143. The van der Waals surface area contributed by atoms with Crippen LogP contribution in [0.15, 0.2) is 0 Å². The molecule has 0 bridgehead atoms. The van der Waals surface area contributed by atoms with Crippen molar-refractivity contribution < 1.29 is 8.78 Å². The van der Waals surface area contributed by atoms with Crippen LogP contribution in [0.25, 0.3) is 0 Å². The molecule has 0 saturated heterocycles. The number of hydrogen-bond acceptors (Lipinski definition) is 1. The molecule has 0 saturated carbocycles. The van der Waals surface area contributed by atoms with Crippen LogP contribution in [-0.4, -0.2) is 9.78 Å². The van der Waals surface area contributed by atoms with Crippen molar-refractivity contribution in [1.82, 2.24) is 9.78 Å². The third-order valence-electron chi connectivity index (χ3n) is 2.29. The second-order valence-corrected chi connectivity index (χ2v) is 4.48. The molecule has 2 nitrogen and oxygen atoms in total. The first kappa shape index (κ1) is 11.1. The van der Waals surface area contributed by atoms with Crippen molar-refractivity contribution in [3.05, 3.63) is 17.0 Å². The van der Waals surface area contributed by atoms with E-state index in [1.54, 1.807) is 11.6 Å². The van der Waals surface area contributed by atoms with Gasteiger partial charge in [0.1, 0.15) is 5.69 Å². The van der Waals surface area contributed by atoms with Crippen molar-refractivity contribution >= 4 is 0 Å². The minimum Gasteiger partial charge on any atom is -0.264 e. The predicted molar refractivity (Wildman–Crippen MR) is 51.7 cm³/mol. The van der Waals surface area contributed by atoms with Gasteiger partial charge in [0.05, 0.1) is 5.54 Å². The van der Waals surface area contributed by atoms with Gasteiger partial charge in [-0.1, -0.05) is 0 Å². The Balaban J connectivity index is 3.29. The zero-order valence-electron chi connectivity index (χ0n) is 9.23. The van der Waals surface area contributed by atoms with Gasteiger partial charge in [-0.15, -0.1) is 0 Å². The monoisotopic (exact) mass is 202 g/mol. The van der Waals surface area contributed by atoms with Crippen molar-refractivity contribution in [2.45, 2.75) is 46.6 Å². The lowest BCUT2D eigenvalue weighted by Gasteiger charge is -2.21. The second-order valence-electron chi connectivity index (χ2n) is 4.48. The largest absolute Gasteiger partial charge is 0.282 e. The van der Waals surface area contributed by atoms with Crippen LogP contribution in [0.4, 0.5) is 8.78 Å². The number of rotatable bonds is 1. The van der Waals surface area contributed by atoms with Gasteiger partial charge in [-0.25, -0.2) is 8.78 Å². The normalized spacial score (nSPS) is 12.6. The second kappa shape index (κ2) is 3.33. The summed E-state index contributed by atoms with van der Waals surface area (Å²) in [7, 11) is 0. The number of aromatic nitrogens is 2. The van der Waals surface area contributed by atoms with Crippen molar-refractivity contribution in [3.8, 4) is 0 Å². The number of alkyl halides is 2. The summed E-state index contributed by atoms with van der Waals surface area (Å²) in [5.74, 6) is 0. The topological polar surface area (TPSA) is 17.8 Å². The predicted octanol–water partition coefficient (Wildman–Crippen LogP) is 3.19. The Morgan fingerprint density at radius 3 is 1.93 bits per heavy atom. The van der Waals surface area contributed by atoms with E-state index < -0.39 is 6.43 Å². The first-order valence-corrected chi connectivity index (χ1v) is 4.60. The van der Waals surface area contributed by atoms with Crippen LogP contribution < -0.4 is 0 Å². The highest BCUT2D eigenvalue weighted by molar-refractivity contribution is 5.25. The zero-order chi connectivity index (χ0) is 11.1. The molecule has 0 aliphatic rings.